The van der Waals surface area contributed by atoms with Crippen LogP contribution in [0.5, 0.6) is 0 Å². The Balaban J connectivity index is 1.98. The smallest absolute Gasteiger partial charge is 0.309 e. The fraction of sp³-hybridized carbons (Fsp3) is 0.286. The van der Waals surface area contributed by atoms with Gasteiger partial charge in [-0.05, 0) is 38.0 Å². The summed E-state index contributed by atoms with van der Waals surface area (Å²) in [4.78, 5) is 30.3. The molecule has 5 nitrogen and oxygen atoms in total. The molecule has 1 aromatic carbocycles. The minimum atomic E-state index is -4.55. The summed E-state index contributed by atoms with van der Waals surface area (Å²) in [7, 11) is 0. The number of anilines is 2. The molecule has 30 heavy (non-hydrogen) atoms. The lowest BCUT2D eigenvalue weighted by molar-refractivity contribution is -0.138. The van der Waals surface area contributed by atoms with Gasteiger partial charge in [0.15, 0.2) is 5.13 Å². The zero-order chi connectivity index (χ0) is 22.2. The number of carbonyl (C=O) groups is 1. The Kier molecular flexibility index (Phi) is 5.85. The van der Waals surface area contributed by atoms with Crippen LogP contribution in [0.3, 0.4) is 0 Å². The molecule has 0 N–H and O–H groups in total. The topological polar surface area (TPSA) is 55.2 Å². The minimum absolute atomic E-state index is 0.128. The van der Waals surface area contributed by atoms with Crippen molar-refractivity contribution in [1.29, 1.82) is 0 Å². The summed E-state index contributed by atoms with van der Waals surface area (Å²) in [6, 6.07) is 5.58. The van der Waals surface area contributed by atoms with E-state index in [0.717, 1.165) is 45.3 Å². The van der Waals surface area contributed by atoms with Crippen molar-refractivity contribution in [3.05, 3.63) is 74.1 Å². The van der Waals surface area contributed by atoms with Crippen LogP contribution in [0.1, 0.15) is 34.9 Å². The maximum absolute atomic E-state index is 13.0. The monoisotopic (exact) mass is 435 g/mol. The van der Waals surface area contributed by atoms with E-state index in [-0.39, 0.29) is 12.5 Å². The van der Waals surface area contributed by atoms with E-state index in [1.807, 2.05) is 32.9 Å². The molecular formula is C21H20F3N3O2S. The third kappa shape index (κ3) is 4.46. The number of aromatic nitrogens is 2. The van der Waals surface area contributed by atoms with Crippen molar-refractivity contribution in [2.75, 3.05) is 4.90 Å². The van der Waals surface area contributed by atoms with Gasteiger partial charge in [-0.15, -0.1) is 11.3 Å². The normalized spacial score (nSPS) is 11.6. The molecular weight excluding hydrogens is 415 g/mol. The first-order valence-electron chi connectivity index (χ1n) is 9.08. The predicted molar refractivity (Wildman–Crippen MR) is 110 cm³/mol. The molecule has 0 radical (unpaired) electrons. The number of halogens is 3. The summed E-state index contributed by atoms with van der Waals surface area (Å²) in [5.74, 6) is -0.234. The molecule has 0 fully saturated rings. The van der Waals surface area contributed by atoms with Gasteiger partial charge in [-0.1, -0.05) is 17.7 Å². The first kappa shape index (κ1) is 21.8. The molecule has 1 amide bonds. The van der Waals surface area contributed by atoms with Crippen molar-refractivity contribution in [2.45, 2.75) is 40.4 Å². The Morgan fingerprint density at radius 3 is 2.37 bits per heavy atom. The lowest BCUT2D eigenvalue weighted by Gasteiger charge is -2.23. The van der Waals surface area contributed by atoms with Gasteiger partial charge in [0.2, 0.25) is 5.91 Å². The molecule has 0 atom stereocenters. The van der Waals surface area contributed by atoms with Crippen LogP contribution in [0.4, 0.5) is 24.0 Å². The van der Waals surface area contributed by atoms with Crippen molar-refractivity contribution in [3.8, 4) is 0 Å². The van der Waals surface area contributed by atoms with Gasteiger partial charge in [0, 0.05) is 24.6 Å². The first-order chi connectivity index (χ1) is 14.0. The number of pyridine rings is 1. The Hall–Kier alpha value is -2.94. The van der Waals surface area contributed by atoms with Crippen molar-refractivity contribution in [3.63, 3.8) is 0 Å². The molecule has 0 saturated heterocycles. The van der Waals surface area contributed by atoms with E-state index in [9.17, 15) is 22.8 Å². The number of amides is 1. The van der Waals surface area contributed by atoms with Crippen molar-refractivity contribution in [1.82, 2.24) is 9.55 Å². The average Bonchev–Trinajstić information content (AvgIpc) is 3.06. The van der Waals surface area contributed by atoms with Crippen LogP contribution in [-0.2, 0) is 17.5 Å². The van der Waals surface area contributed by atoms with E-state index < -0.39 is 17.3 Å². The van der Waals surface area contributed by atoms with Gasteiger partial charge in [-0.25, -0.2) is 4.98 Å². The summed E-state index contributed by atoms with van der Waals surface area (Å²) in [6.07, 6.45) is -3.77. The zero-order valence-corrected chi connectivity index (χ0v) is 17.7. The van der Waals surface area contributed by atoms with Crippen LogP contribution >= 0.6 is 11.3 Å². The lowest BCUT2D eigenvalue weighted by atomic mass is 10.0. The third-order valence-corrected chi connectivity index (χ3v) is 5.42. The highest BCUT2D eigenvalue weighted by Gasteiger charge is 2.31. The van der Waals surface area contributed by atoms with Crippen molar-refractivity contribution < 1.29 is 18.0 Å². The van der Waals surface area contributed by atoms with Gasteiger partial charge in [-0.2, -0.15) is 13.2 Å². The van der Waals surface area contributed by atoms with Gasteiger partial charge in [0.1, 0.15) is 0 Å². The summed E-state index contributed by atoms with van der Waals surface area (Å²) in [5.41, 5.74) is 2.54. The standard InChI is InChI=1S/C21H20F3N3O2S/c1-12-7-13(2)19(14(3)8-12)27(15(4)28)20-25-17(11-30-20)10-26-9-16(21(22,23)24)5-6-18(26)29/h5-9,11H,10H2,1-4H3. The molecule has 0 bridgehead atoms. The Bertz CT molecular complexity index is 1140. The fourth-order valence-corrected chi connectivity index (χ4v) is 4.25. The van der Waals surface area contributed by atoms with E-state index in [4.69, 9.17) is 0 Å². The Labute approximate surface area is 175 Å². The number of benzene rings is 1. The van der Waals surface area contributed by atoms with Gasteiger partial charge in [0.05, 0.1) is 23.5 Å². The third-order valence-electron chi connectivity index (χ3n) is 4.55. The first-order valence-corrected chi connectivity index (χ1v) is 9.96. The van der Waals surface area contributed by atoms with Gasteiger partial charge in [0.25, 0.3) is 5.56 Å². The minimum Gasteiger partial charge on any atom is -0.309 e. The average molecular weight is 435 g/mol. The lowest BCUT2D eigenvalue weighted by Crippen LogP contribution is -2.25. The molecule has 2 heterocycles. The van der Waals surface area contributed by atoms with E-state index in [2.05, 4.69) is 4.98 Å². The maximum Gasteiger partial charge on any atom is 0.417 e. The molecule has 3 aromatic rings. The van der Waals surface area contributed by atoms with Crippen molar-refractivity contribution >= 4 is 28.1 Å². The largest absolute Gasteiger partial charge is 0.417 e. The molecule has 0 aliphatic rings. The second kappa shape index (κ2) is 8.06. The van der Waals surface area contributed by atoms with Gasteiger partial charge in [-0.3, -0.25) is 14.5 Å². The second-order valence-corrected chi connectivity index (χ2v) is 7.94. The fourth-order valence-electron chi connectivity index (χ4n) is 3.38. The number of rotatable bonds is 4. The van der Waals surface area contributed by atoms with Crippen LogP contribution in [0.2, 0.25) is 0 Å². The maximum atomic E-state index is 13.0. The molecule has 0 spiro atoms. The highest BCUT2D eigenvalue weighted by molar-refractivity contribution is 7.14. The summed E-state index contributed by atoms with van der Waals surface area (Å²) in [5, 5.41) is 2.03. The molecule has 0 unspecified atom stereocenters. The van der Waals surface area contributed by atoms with Crippen LogP contribution in [0.25, 0.3) is 0 Å². The van der Waals surface area contributed by atoms with Crippen LogP contribution < -0.4 is 10.5 Å². The predicted octanol–water partition coefficient (Wildman–Crippen LogP) is 4.98. The number of thiazole rings is 1. The summed E-state index contributed by atoms with van der Waals surface area (Å²) >= 11 is 1.19. The number of hydrogen-bond acceptors (Lipinski definition) is 4. The Morgan fingerprint density at radius 1 is 1.17 bits per heavy atom. The quantitative estimate of drug-likeness (QED) is 0.581. The zero-order valence-electron chi connectivity index (χ0n) is 16.9. The van der Waals surface area contributed by atoms with Crippen LogP contribution in [0, 0.1) is 20.8 Å². The summed E-state index contributed by atoms with van der Waals surface area (Å²) in [6.45, 7) is 7.08. The molecule has 0 aliphatic heterocycles. The highest BCUT2D eigenvalue weighted by atomic mass is 32.1. The van der Waals surface area contributed by atoms with Crippen LogP contribution in [0.15, 0.2) is 40.6 Å². The SMILES string of the molecule is CC(=O)N(c1nc(Cn2cc(C(F)(F)F)ccc2=O)cs1)c1c(C)cc(C)cc1C. The van der Waals surface area contributed by atoms with Crippen molar-refractivity contribution in [2.24, 2.45) is 0 Å². The van der Waals surface area contributed by atoms with Crippen LogP contribution in [-0.4, -0.2) is 15.5 Å². The molecule has 158 valence electrons. The molecule has 0 aliphatic carbocycles. The van der Waals surface area contributed by atoms with E-state index in [1.165, 1.54) is 23.2 Å². The number of nitrogens with zero attached hydrogens (tertiary/aromatic N) is 3. The number of aryl methyl sites for hydroxylation is 3. The molecule has 9 heteroatoms. The van der Waals surface area contributed by atoms with E-state index in [0.29, 0.717) is 10.8 Å². The number of carbonyl (C=O) groups excluding carboxylic acids is 1. The molecule has 0 saturated carbocycles. The number of alkyl halides is 3. The molecule has 3 rings (SSSR count). The van der Waals surface area contributed by atoms with E-state index in [1.54, 1.807) is 5.38 Å². The van der Waals surface area contributed by atoms with E-state index >= 15 is 0 Å². The molecule has 2 aromatic heterocycles. The second-order valence-electron chi connectivity index (χ2n) is 7.10. The summed E-state index contributed by atoms with van der Waals surface area (Å²) < 4.78 is 39.8. The van der Waals surface area contributed by atoms with Gasteiger partial charge >= 0.3 is 6.18 Å². The highest BCUT2D eigenvalue weighted by Crippen LogP contribution is 2.34. The number of hydrogen-bond donors (Lipinski definition) is 0. The Morgan fingerprint density at radius 2 is 1.80 bits per heavy atom. The van der Waals surface area contributed by atoms with Gasteiger partial charge < -0.3 is 4.57 Å².